The molecule has 0 aliphatic rings. The SMILES string of the molecule is CC(=N)C(C(=O)Nc1cccc(C#CCN)c1)C(=O)Nc1cccc(C(C)(F)F)c1. The second-order valence-electron chi connectivity index (χ2n) is 6.65. The Labute approximate surface area is 173 Å². The van der Waals surface area contributed by atoms with Crippen molar-refractivity contribution in [3.8, 4) is 11.8 Å². The highest BCUT2D eigenvalue weighted by Gasteiger charge is 2.30. The van der Waals surface area contributed by atoms with E-state index in [9.17, 15) is 18.4 Å². The number of amides is 2. The second-order valence-corrected chi connectivity index (χ2v) is 6.65. The number of benzene rings is 2. The molecule has 0 radical (unpaired) electrons. The van der Waals surface area contributed by atoms with Crippen LogP contribution in [0.25, 0.3) is 0 Å². The van der Waals surface area contributed by atoms with Crippen LogP contribution in [-0.2, 0) is 15.5 Å². The summed E-state index contributed by atoms with van der Waals surface area (Å²) >= 11 is 0. The molecule has 30 heavy (non-hydrogen) atoms. The summed E-state index contributed by atoms with van der Waals surface area (Å²) in [5.74, 6) is -0.495. The molecule has 0 aromatic heterocycles. The van der Waals surface area contributed by atoms with E-state index in [1.165, 1.54) is 25.1 Å². The molecule has 0 spiro atoms. The molecule has 0 saturated carbocycles. The number of alkyl halides is 2. The maximum absolute atomic E-state index is 13.5. The first-order valence-corrected chi connectivity index (χ1v) is 9.06. The minimum atomic E-state index is -3.08. The summed E-state index contributed by atoms with van der Waals surface area (Å²) in [5.41, 5.74) is 6.01. The van der Waals surface area contributed by atoms with E-state index in [0.29, 0.717) is 11.3 Å². The average Bonchev–Trinajstić information content (AvgIpc) is 2.66. The Hall–Kier alpha value is -3.57. The molecule has 6 nitrogen and oxygen atoms in total. The van der Waals surface area contributed by atoms with Gasteiger partial charge in [-0.05, 0) is 37.3 Å². The lowest BCUT2D eigenvalue weighted by atomic mass is 10.0. The van der Waals surface area contributed by atoms with Crippen LogP contribution in [0.5, 0.6) is 0 Å². The van der Waals surface area contributed by atoms with Crippen molar-refractivity contribution in [2.45, 2.75) is 19.8 Å². The van der Waals surface area contributed by atoms with E-state index in [1.54, 1.807) is 24.3 Å². The Morgan fingerprint density at radius 3 is 2.20 bits per heavy atom. The van der Waals surface area contributed by atoms with Gasteiger partial charge in [-0.15, -0.1) is 0 Å². The van der Waals surface area contributed by atoms with Gasteiger partial charge in [0.2, 0.25) is 11.8 Å². The Morgan fingerprint density at radius 1 is 1.10 bits per heavy atom. The second kappa shape index (κ2) is 9.76. The van der Waals surface area contributed by atoms with Crippen LogP contribution in [0.4, 0.5) is 20.2 Å². The standard InChI is InChI=1S/C22H22F2N4O2/c1-14(26)19(20(29)27-17-9-3-6-15(12-17)7-5-11-25)21(30)28-18-10-4-8-16(13-18)22(2,23)24/h3-4,6,8-10,12-13,19,26H,11,25H2,1-2H3,(H,27,29)(H,28,30). The number of hydrogen-bond donors (Lipinski definition) is 4. The van der Waals surface area contributed by atoms with E-state index in [0.717, 1.165) is 13.0 Å². The summed E-state index contributed by atoms with van der Waals surface area (Å²) in [7, 11) is 0. The van der Waals surface area contributed by atoms with Crippen molar-refractivity contribution >= 4 is 28.9 Å². The quantitative estimate of drug-likeness (QED) is 0.332. The predicted octanol–water partition coefficient (Wildman–Crippen LogP) is 3.34. The van der Waals surface area contributed by atoms with Gasteiger partial charge in [-0.1, -0.05) is 30.0 Å². The smallest absolute Gasteiger partial charge is 0.270 e. The first kappa shape index (κ1) is 22.7. The molecule has 0 aliphatic heterocycles. The van der Waals surface area contributed by atoms with Crippen molar-refractivity contribution in [3.05, 3.63) is 59.7 Å². The molecule has 1 atom stereocenters. The van der Waals surface area contributed by atoms with Crippen LogP contribution in [0.2, 0.25) is 0 Å². The van der Waals surface area contributed by atoms with Crippen LogP contribution >= 0.6 is 0 Å². The third kappa shape index (κ3) is 6.22. The molecule has 2 amide bonds. The van der Waals surface area contributed by atoms with Crippen molar-refractivity contribution in [2.24, 2.45) is 11.7 Å². The fourth-order valence-corrected chi connectivity index (χ4v) is 2.64. The summed E-state index contributed by atoms with van der Waals surface area (Å²) in [5, 5.41) is 12.9. The molecular weight excluding hydrogens is 390 g/mol. The van der Waals surface area contributed by atoms with Gasteiger partial charge in [0.05, 0.1) is 6.54 Å². The van der Waals surface area contributed by atoms with Crippen LogP contribution in [0.3, 0.4) is 0 Å². The van der Waals surface area contributed by atoms with Gasteiger partial charge in [-0.2, -0.15) is 0 Å². The fraction of sp³-hybridized carbons (Fsp3) is 0.227. The third-order valence-corrected chi connectivity index (χ3v) is 4.06. The lowest BCUT2D eigenvalue weighted by molar-refractivity contribution is -0.126. The number of carbonyl (C=O) groups is 2. The molecule has 0 aliphatic carbocycles. The van der Waals surface area contributed by atoms with E-state index in [4.69, 9.17) is 11.1 Å². The van der Waals surface area contributed by atoms with Crippen molar-refractivity contribution in [1.29, 1.82) is 5.41 Å². The van der Waals surface area contributed by atoms with Gasteiger partial charge in [0.15, 0.2) is 5.92 Å². The molecule has 2 rings (SSSR count). The fourth-order valence-electron chi connectivity index (χ4n) is 2.64. The van der Waals surface area contributed by atoms with Crippen LogP contribution in [0.15, 0.2) is 48.5 Å². The Kier molecular flexibility index (Phi) is 7.39. The van der Waals surface area contributed by atoms with Crippen molar-refractivity contribution in [3.63, 3.8) is 0 Å². The van der Waals surface area contributed by atoms with Gasteiger partial charge in [0.1, 0.15) is 0 Å². The van der Waals surface area contributed by atoms with Gasteiger partial charge in [0.25, 0.3) is 5.92 Å². The first-order valence-electron chi connectivity index (χ1n) is 9.06. The minimum absolute atomic E-state index is 0.108. The molecule has 2 aromatic rings. The zero-order chi connectivity index (χ0) is 22.3. The van der Waals surface area contributed by atoms with Gasteiger partial charge >= 0.3 is 0 Å². The normalized spacial score (nSPS) is 11.6. The molecular formula is C22H22F2N4O2. The number of nitrogens with two attached hydrogens (primary N) is 1. The van der Waals surface area contributed by atoms with Gasteiger partial charge in [0, 0.05) is 35.1 Å². The highest BCUT2D eigenvalue weighted by atomic mass is 19.3. The largest absolute Gasteiger partial charge is 0.325 e. The zero-order valence-corrected chi connectivity index (χ0v) is 16.6. The van der Waals surface area contributed by atoms with Crippen molar-refractivity contribution in [2.75, 3.05) is 17.2 Å². The van der Waals surface area contributed by atoms with Gasteiger partial charge in [-0.25, -0.2) is 8.78 Å². The minimum Gasteiger partial charge on any atom is -0.325 e. The Morgan fingerprint density at radius 2 is 1.67 bits per heavy atom. The summed E-state index contributed by atoms with van der Waals surface area (Å²) in [4.78, 5) is 25.3. The maximum Gasteiger partial charge on any atom is 0.270 e. The molecule has 1 unspecified atom stereocenters. The summed E-state index contributed by atoms with van der Waals surface area (Å²) in [6, 6.07) is 11.8. The number of nitrogens with one attached hydrogen (secondary N) is 3. The van der Waals surface area contributed by atoms with Crippen LogP contribution in [0, 0.1) is 23.2 Å². The summed E-state index contributed by atoms with van der Waals surface area (Å²) < 4.78 is 27.0. The van der Waals surface area contributed by atoms with E-state index < -0.39 is 23.7 Å². The molecule has 5 N–H and O–H groups in total. The van der Waals surface area contributed by atoms with Crippen molar-refractivity contribution in [1.82, 2.24) is 0 Å². The number of anilines is 2. The number of carbonyl (C=O) groups excluding carboxylic acids is 2. The summed E-state index contributed by atoms with van der Waals surface area (Å²) in [6.07, 6.45) is 0. The highest BCUT2D eigenvalue weighted by Crippen LogP contribution is 2.28. The van der Waals surface area contributed by atoms with Gasteiger partial charge < -0.3 is 21.8 Å². The maximum atomic E-state index is 13.5. The number of rotatable bonds is 6. The number of halogens is 2. The number of hydrogen-bond acceptors (Lipinski definition) is 4. The van der Waals surface area contributed by atoms with E-state index in [2.05, 4.69) is 22.5 Å². The molecule has 2 aromatic carbocycles. The molecule has 156 valence electrons. The Bertz CT molecular complexity index is 1020. The lowest BCUT2D eigenvalue weighted by Crippen LogP contribution is -2.38. The topological polar surface area (TPSA) is 108 Å². The van der Waals surface area contributed by atoms with Crippen molar-refractivity contribution < 1.29 is 18.4 Å². The van der Waals surface area contributed by atoms with Crippen LogP contribution < -0.4 is 16.4 Å². The third-order valence-electron chi connectivity index (χ3n) is 4.06. The predicted molar refractivity (Wildman–Crippen MR) is 113 cm³/mol. The molecule has 0 heterocycles. The Balaban J connectivity index is 2.18. The average molecular weight is 412 g/mol. The van der Waals surface area contributed by atoms with E-state index >= 15 is 0 Å². The van der Waals surface area contributed by atoms with Crippen LogP contribution in [-0.4, -0.2) is 24.1 Å². The first-order chi connectivity index (χ1) is 14.1. The molecule has 0 saturated heterocycles. The van der Waals surface area contributed by atoms with E-state index in [-0.39, 0.29) is 23.5 Å². The molecule has 0 fully saturated rings. The molecule has 0 bridgehead atoms. The summed E-state index contributed by atoms with van der Waals surface area (Å²) in [6.45, 7) is 2.26. The van der Waals surface area contributed by atoms with Crippen LogP contribution in [0.1, 0.15) is 25.0 Å². The lowest BCUT2D eigenvalue weighted by Gasteiger charge is -2.17. The van der Waals surface area contributed by atoms with E-state index in [1.807, 2.05) is 0 Å². The highest BCUT2D eigenvalue weighted by molar-refractivity contribution is 6.24. The zero-order valence-electron chi connectivity index (χ0n) is 16.6. The molecule has 8 heteroatoms. The monoisotopic (exact) mass is 412 g/mol. The van der Waals surface area contributed by atoms with Gasteiger partial charge in [-0.3, -0.25) is 9.59 Å².